The Morgan fingerprint density at radius 1 is 0.963 bits per heavy atom. The fourth-order valence-corrected chi connectivity index (χ4v) is 9.63. The van der Waals surface area contributed by atoms with Crippen LogP contribution in [0, 0.1) is 5.92 Å². The maximum Gasteiger partial charge on any atom is 0.306 e. The van der Waals surface area contributed by atoms with Crippen molar-refractivity contribution in [3.8, 4) is 11.5 Å². The number of ether oxygens (including phenoxy) is 1. The van der Waals surface area contributed by atoms with E-state index in [1.165, 1.54) is 5.57 Å². The zero-order valence-corrected chi connectivity index (χ0v) is 33.0. The number of aromatic nitrogens is 2. The summed E-state index contributed by atoms with van der Waals surface area (Å²) in [6.07, 6.45) is 9.31. The molecule has 286 valence electrons. The second-order valence-corrected chi connectivity index (χ2v) is 17.2. The van der Waals surface area contributed by atoms with Crippen LogP contribution in [0.2, 0.25) is 0 Å². The first-order chi connectivity index (χ1) is 25.5. The molecule has 1 fully saturated rings. The Hall–Kier alpha value is -4.75. The van der Waals surface area contributed by atoms with Crippen molar-refractivity contribution in [2.75, 3.05) is 36.8 Å². The number of allylic oxidation sites excluding steroid dienone is 1. The Kier molecular flexibility index (Phi) is 9.41. The lowest BCUT2D eigenvalue weighted by Gasteiger charge is -2.43. The Balaban J connectivity index is 1.48. The number of fused-ring (bicyclic) bond motifs is 4. The third-order valence-corrected chi connectivity index (χ3v) is 12.1. The van der Waals surface area contributed by atoms with Gasteiger partial charge in [0, 0.05) is 79.5 Å². The first kappa shape index (κ1) is 37.6. The number of carboxylic acid groups (broad SMARTS) is 1. The lowest BCUT2D eigenvalue weighted by atomic mass is 9.84. The highest BCUT2D eigenvalue weighted by molar-refractivity contribution is 7.86. The molecule has 2 N–H and O–H groups in total. The van der Waals surface area contributed by atoms with Gasteiger partial charge in [-0.2, -0.15) is 8.42 Å². The fourth-order valence-electron chi connectivity index (χ4n) is 9.00. The minimum absolute atomic E-state index is 0.00159. The number of carboxylic acids is 1. The number of nitrogens with zero attached hydrogens (tertiary/aromatic N) is 5. The van der Waals surface area contributed by atoms with Crippen LogP contribution in [0.25, 0.3) is 16.7 Å². The smallest absolute Gasteiger partial charge is 0.306 e. The van der Waals surface area contributed by atoms with Gasteiger partial charge in [0.1, 0.15) is 36.2 Å². The monoisotopic (exact) mass is 756 g/mol. The summed E-state index contributed by atoms with van der Waals surface area (Å²) in [5.41, 5.74) is 5.27. The third kappa shape index (κ3) is 6.55. The predicted molar refractivity (Wildman–Crippen MR) is 209 cm³/mol. The lowest BCUT2D eigenvalue weighted by Crippen LogP contribution is -2.50. The van der Waals surface area contributed by atoms with E-state index in [1.54, 1.807) is 17.3 Å². The van der Waals surface area contributed by atoms with E-state index in [2.05, 4.69) is 55.4 Å². The normalized spacial score (nSPS) is 18.9. The zero-order valence-electron chi connectivity index (χ0n) is 32.1. The van der Waals surface area contributed by atoms with Gasteiger partial charge in [0.05, 0.1) is 23.1 Å². The van der Waals surface area contributed by atoms with Gasteiger partial charge in [-0.05, 0) is 76.3 Å². The minimum atomic E-state index is -4.37. The maximum absolute atomic E-state index is 13.8. The first-order valence-electron chi connectivity index (χ1n) is 18.8. The molecule has 13 heteroatoms. The molecule has 1 aromatic heterocycles. The van der Waals surface area contributed by atoms with E-state index in [-0.39, 0.29) is 18.0 Å². The average molecular weight is 757 g/mol. The van der Waals surface area contributed by atoms with Crippen molar-refractivity contribution in [3.63, 3.8) is 0 Å². The van der Waals surface area contributed by atoms with Crippen LogP contribution < -0.4 is 24.8 Å². The van der Waals surface area contributed by atoms with Gasteiger partial charge in [-0.25, -0.2) is 9.56 Å². The third-order valence-electron chi connectivity index (χ3n) is 11.5. The minimum Gasteiger partial charge on any atom is -0.481 e. The molecule has 4 aliphatic rings. The van der Waals surface area contributed by atoms with E-state index in [0.29, 0.717) is 66.2 Å². The second-order valence-electron chi connectivity index (χ2n) is 15.8. The number of amides is 1. The molecule has 0 radical (unpaired) electrons. The number of hydrogen-bond acceptors (Lipinski definition) is 7. The number of piperidine rings is 1. The molecule has 1 amide bonds. The van der Waals surface area contributed by atoms with Gasteiger partial charge in [-0.3, -0.25) is 14.1 Å². The molecule has 0 unspecified atom stereocenters. The summed E-state index contributed by atoms with van der Waals surface area (Å²) >= 11 is 0. The van der Waals surface area contributed by atoms with Crippen LogP contribution in [0.15, 0.2) is 48.8 Å². The Morgan fingerprint density at radius 3 is 2.31 bits per heavy atom. The summed E-state index contributed by atoms with van der Waals surface area (Å²) < 4.78 is 45.7. The summed E-state index contributed by atoms with van der Waals surface area (Å²) in [6, 6.07) is 8.16. The van der Waals surface area contributed by atoms with Crippen LogP contribution in [-0.4, -0.2) is 87.4 Å². The van der Waals surface area contributed by atoms with E-state index in [4.69, 9.17) is 9.72 Å². The van der Waals surface area contributed by atoms with Crippen LogP contribution in [0.3, 0.4) is 0 Å². The molecule has 0 atom stereocenters. The molecule has 5 heterocycles. The Bertz CT molecular complexity index is 2380. The Labute approximate surface area is 316 Å². The molecule has 7 rings (SSSR count). The maximum atomic E-state index is 13.8. The highest BCUT2D eigenvalue weighted by Gasteiger charge is 2.38. The zero-order chi connectivity index (χ0) is 38.9. The lowest BCUT2D eigenvalue weighted by molar-refractivity contribution is -0.145. The number of aliphatic carboxylic acids is 1. The molecule has 2 aromatic carbocycles. The number of benzene rings is 2. The number of likely N-dealkylation sites (tertiary alicyclic amines) is 1. The first-order valence-corrected chi connectivity index (χ1v) is 20.5. The van der Waals surface area contributed by atoms with Gasteiger partial charge in [-0.1, -0.05) is 13.0 Å². The van der Waals surface area contributed by atoms with Crippen molar-refractivity contribution in [1.82, 2.24) is 19.0 Å². The van der Waals surface area contributed by atoms with Crippen molar-refractivity contribution >= 4 is 44.4 Å². The van der Waals surface area contributed by atoms with E-state index in [9.17, 15) is 27.7 Å². The Morgan fingerprint density at radius 2 is 1.69 bits per heavy atom. The summed E-state index contributed by atoms with van der Waals surface area (Å²) in [5.74, 6) is -0.197. The summed E-state index contributed by atoms with van der Waals surface area (Å²) in [5, 5.41) is 11.0. The van der Waals surface area contributed by atoms with Gasteiger partial charge in [0.25, 0.3) is 10.1 Å². The van der Waals surface area contributed by atoms with Crippen LogP contribution in [0.4, 0.5) is 5.69 Å². The van der Waals surface area contributed by atoms with E-state index < -0.39 is 33.3 Å². The molecular formula is C41H50N5O7S+. The molecular weight excluding hydrogens is 707 g/mol. The average Bonchev–Trinajstić information content (AvgIpc) is 3.55. The second kappa shape index (κ2) is 13.5. The largest absolute Gasteiger partial charge is 0.481 e. The molecule has 3 aromatic rings. The SMILES string of the molecule is CCC1=CC(C)(C)N(CC)c2cc3c(cc21)C(c1nccn1CC(=O)N1CCC(C(=O)O)CC1)=c1cc2c(cc1O3)=[N+](CC)C(C)(C)C=C2CS(=O)(=O)O. The van der Waals surface area contributed by atoms with Crippen LogP contribution in [-0.2, 0) is 26.3 Å². The van der Waals surface area contributed by atoms with Crippen LogP contribution in [0.1, 0.15) is 90.2 Å². The molecule has 12 nitrogen and oxygen atoms in total. The fraction of sp³-hybridized carbons (Fsp3) is 0.463. The van der Waals surface area contributed by atoms with Crippen molar-refractivity contribution in [1.29, 1.82) is 0 Å². The molecule has 4 aliphatic heterocycles. The van der Waals surface area contributed by atoms with Gasteiger partial charge >= 0.3 is 5.97 Å². The number of imidazole rings is 1. The number of likely N-dealkylation sites (N-methyl/N-ethyl adjacent to an activating group) is 2. The predicted octanol–water partition coefficient (Wildman–Crippen LogP) is 4.55. The van der Waals surface area contributed by atoms with E-state index >= 15 is 0 Å². The molecule has 0 bridgehead atoms. The highest BCUT2D eigenvalue weighted by atomic mass is 32.2. The number of carbonyl (C=O) groups is 2. The van der Waals surface area contributed by atoms with E-state index in [1.807, 2.05) is 43.5 Å². The summed E-state index contributed by atoms with van der Waals surface area (Å²) in [7, 11) is -4.37. The molecule has 0 saturated carbocycles. The van der Waals surface area contributed by atoms with Crippen molar-refractivity contribution in [2.24, 2.45) is 5.92 Å². The molecule has 54 heavy (non-hydrogen) atoms. The van der Waals surface area contributed by atoms with E-state index in [0.717, 1.165) is 40.7 Å². The van der Waals surface area contributed by atoms with Crippen molar-refractivity contribution in [3.05, 3.63) is 81.9 Å². The van der Waals surface area contributed by atoms with Crippen LogP contribution >= 0.6 is 0 Å². The van der Waals surface area contributed by atoms with Gasteiger partial charge < -0.3 is 24.2 Å². The molecule has 1 saturated heterocycles. The summed E-state index contributed by atoms with van der Waals surface area (Å²) in [6.45, 7) is 17.0. The quantitative estimate of drug-likeness (QED) is 0.186. The van der Waals surface area contributed by atoms with Gasteiger partial charge in [-0.15, -0.1) is 0 Å². The number of hydrogen-bond donors (Lipinski definition) is 2. The van der Waals surface area contributed by atoms with Crippen molar-refractivity contribution in [2.45, 2.75) is 85.4 Å². The number of carbonyl (C=O) groups excluding carboxylic acids is 1. The number of rotatable bonds is 9. The standard InChI is InChI=1S/C41H49N5O7S/c1-8-25-21-40(4,5)45(9-2)32-19-34-30(17-28(25)32)37(38-42-13-16-44(38)23-36(47)43-14-11-26(12-15-43)39(48)49)31-18-29-27(24-54(50,51)52)22-41(6,7)46(10-3)33(29)20-35(31)53-34/h13,16-22,26H,8-12,14-15,23-24H2,1-7H3,(H-,48,49,50,51,52)/p+1. The van der Waals surface area contributed by atoms with Gasteiger partial charge in [0.15, 0.2) is 5.54 Å². The molecule has 0 spiro atoms. The van der Waals surface area contributed by atoms with Crippen molar-refractivity contribution < 1.29 is 32.4 Å². The number of anilines is 1. The topological polar surface area (TPSA) is 145 Å². The highest BCUT2D eigenvalue weighted by Crippen LogP contribution is 2.47. The molecule has 0 aliphatic carbocycles. The van der Waals surface area contributed by atoms with Gasteiger partial charge in [0.2, 0.25) is 11.3 Å². The van der Waals surface area contributed by atoms with Crippen LogP contribution in [0.5, 0.6) is 11.5 Å². The summed E-state index contributed by atoms with van der Waals surface area (Å²) in [4.78, 5) is 34.3.